The van der Waals surface area contributed by atoms with Crippen LogP contribution in [0.4, 0.5) is 0 Å². The molecule has 3 fully saturated rings. The Morgan fingerprint density at radius 1 is 1.15 bits per heavy atom. The number of sulfonamides is 1. The number of carbonyl (C=O) groups excluding carboxylic acids is 2. The van der Waals surface area contributed by atoms with Crippen molar-refractivity contribution in [2.75, 3.05) is 26.2 Å². The van der Waals surface area contributed by atoms with Crippen LogP contribution in [0, 0.1) is 5.41 Å². The summed E-state index contributed by atoms with van der Waals surface area (Å²) in [7, 11) is -3.83. The first-order chi connectivity index (χ1) is 12.9. The molecule has 3 aliphatic heterocycles. The number of fused-ring (bicyclic) bond motifs is 1. The standard InChI is InChI=1S/C19H23N3O4S/c23-17(21-9-6-19(7-10-21)5-8-20-12-19)13-1-4-15-16(11-13)27(25,26)22(18(15)24)14-2-3-14/h1,4,11,14,20H,2-3,5-10,12H2. The lowest BCUT2D eigenvalue weighted by atomic mass is 9.78. The molecular formula is C19H23N3O4S. The number of piperidine rings is 1. The van der Waals surface area contributed by atoms with Gasteiger partial charge in [-0.25, -0.2) is 12.7 Å². The van der Waals surface area contributed by atoms with Gasteiger partial charge in [-0.1, -0.05) is 0 Å². The number of benzene rings is 1. The summed E-state index contributed by atoms with van der Waals surface area (Å²) in [5, 5.41) is 3.41. The molecule has 1 aromatic rings. The predicted molar refractivity (Wildman–Crippen MR) is 97.9 cm³/mol. The Morgan fingerprint density at radius 2 is 1.89 bits per heavy atom. The predicted octanol–water partition coefficient (Wildman–Crippen LogP) is 1.21. The summed E-state index contributed by atoms with van der Waals surface area (Å²) in [6, 6.07) is 4.27. The number of nitrogens with zero attached hydrogens (tertiary/aromatic N) is 2. The smallest absolute Gasteiger partial charge is 0.269 e. The molecule has 1 saturated carbocycles. The van der Waals surface area contributed by atoms with Gasteiger partial charge in [0, 0.05) is 31.2 Å². The van der Waals surface area contributed by atoms with E-state index in [2.05, 4.69) is 5.32 Å². The number of hydrogen-bond donors (Lipinski definition) is 1. The Bertz CT molecular complexity index is 922. The zero-order valence-electron chi connectivity index (χ0n) is 15.1. The van der Waals surface area contributed by atoms with Gasteiger partial charge in [0.25, 0.3) is 21.8 Å². The first-order valence-corrected chi connectivity index (χ1v) is 11.1. The summed E-state index contributed by atoms with van der Waals surface area (Å²) in [5.74, 6) is -0.605. The fourth-order valence-corrected chi connectivity index (χ4v) is 6.48. The van der Waals surface area contributed by atoms with Crippen molar-refractivity contribution in [1.82, 2.24) is 14.5 Å². The van der Waals surface area contributed by atoms with Crippen molar-refractivity contribution in [3.05, 3.63) is 29.3 Å². The van der Waals surface area contributed by atoms with Crippen molar-refractivity contribution >= 4 is 21.8 Å². The zero-order valence-corrected chi connectivity index (χ0v) is 15.9. The molecule has 1 N–H and O–H groups in total. The van der Waals surface area contributed by atoms with Gasteiger partial charge in [-0.05, 0) is 62.3 Å². The normalized spacial score (nSPS) is 25.9. The molecule has 1 spiro atoms. The van der Waals surface area contributed by atoms with E-state index in [4.69, 9.17) is 0 Å². The number of hydrogen-bond acceptors (Lipinski definition) is 5. The quantitative estimate of drug-likeness (QED) is 0.822. The molecule has 0 aromatic heterocycles. The summed E-state index contributed by atoms with van der Waals surface area (Å²) in [6.45, 7) is 3.45. The minimum atomic E-state index is -3.83. The molecular weight excluding hydrogens is 366 g/mol. The van der Waals surface area contributed by atoms with E-state index in [0.717, 1.165) is 49.5 Å². The van der Waals surface area contributed by atoms with Gasteiger partial charge in [0.2, 0.25) is 0 Å². The van der Waals surface area contributed by atoms with E-state index in [1.165, 1.54) is 12.1 Å². The lowest BCUT2D eigenvalue weighted by Gasteiger charge is -2.38. The number of carbonyl (C=O) groups is 2. The van der Waals surface area contributed by atoms with E-state index in [1.807, 2.05) is 4.90 Å². The molecule has 8 heteroatoms. The second-order valence-corrected chi connectivity index (χ2v) is 10.1. The average Bonchev–Trinajstić information content (AvgIpc) is 3.35. The molecule has 144 valence electrons. The average molecular weight is 389 g/mol. The maximum Gasteiger partial charge on any atom is 0.269 e. The highest BCUT2D eigenvalue weighted by Crippen LogP contribution is 2.40. The summed E-state index contributed by atoms with van der Waals surface area (Å²) >= 11 is 0. The van der Waals surface area contributed by atoms with Crippen LogP contribution in [0.25, 0.3) is 0 Å². The molecule has 0 bridgehead atoms. The Balaban J connectivity index is 1.39. The van der Waals surface area contributed by atoms with Crippen LogP contribution in [0.1, 0.15) is 52.8 Å². The molecule has 4 aliphatic rings. The van der Waals surface area contributed by atoms with Crippen molar-refractivity contribution in [3.63, 3.8) is 0 Å². The van der Waals surface area contributed by atoms with Crippen molar-refractivity contribution in [2.24, 2.45) is 5.41 Å². The van der Waals surface area contributed by atoms with Crippen LogP contribution in [-0.4, -0.2) is 61.7 Å². The van der Waals surface area contributed by atoms with Crippen LogP contribution in [0.15, 0.2) is 23.1 Å². The molecule has 2 saturated heterocycles. The van der Waals surface area contributed by atoms with Gasteiger partial charge in [-0.15, -0.1) is 0 Å². The van der Waals surface area contributed by atoms with Crippen molar-refractivity contribution in [2.45, 2.75) is 43.0 Å². The van der Waals surface area contributed by atoms with Gasteiger partial charge in [0.15, 0.2) is 0 Å². The first-order valence-electron chi connectivity index (χ1n) is 9.64. The fraction of sp³-hybridized carbons (Fsp3) is 0.579. The van der Waals surface area contributed by atoms with Crippen LogP contribution in [0.3, 0.4) is 0 Å². The van der Waals surface area contributed by atoms with Crippen LogP contribution in [0.5, 0.6) is 0 Å². The van der Waals surface area contributed by atoms with Crippen LogP contribution >= 0.6 is 0 Å². The summed E-state index contributed by atoms with van der Waals surface area (Å²) in [5.41, 5.74) is 0.853. The second-order valence-electron chi connectivity index (χ2n) is 8.27. The first kappa shape index (κ1) is 17.2. The van der Waals surface area contributed by atoms with E-state index in [9.17, 15) is 18.0 Å². The van der Waals surface area contributed by atoms with Gasteiger partial charge >= 0.3 is 0 Å². The Morgan fingerprint density at radius 3 is 2.52 bits per heavy atom. The Kier molecular flexibility index (Phi) is 3.68. The van der Waals surface area contributed by atoms with Crippen LogP contribution in [0.2, 0.25) is 0 Å². The molecule has 5 rings (SSSR count). The lowest BCUT2D eigenvalue weighted by Crippen LogP contribution is -2.44. The molecule has 0 atom stereocenters. The largest absolute Gasteiger partial charge is 0.339 e. The molecule has 27 heavy (non-hydrogen) atoms. The van der Waals surface area contributed by atoms with E-state index in [0.29, 0.717) is 24.1 Å². The van der Waals surface area contributed by atoms with Gasteiger partial charge < -0.3 is 10.2 Å². The maximum absolute atomic E-state index is 12.9. The Labute approximate surface area is 158 Å². The number of likely N-dealkylation sites (tertiary alicyclic amines) is 1. The minimum absolute atomic E-state index is 0.0151. The van der Waals surface area contributed by atoms with Gasteiger partial charge in [-0.3, -0.25) is 9.59 Å². The number of nitrogens with one attached hydrogen (secondary N) is 1. The van der Waals surface area contributed by atoms with Crippen molar-refractivity contribution < 1.29 is 18.0 Å². The SMILES string of the molecule is O=C(c1ccc2c(c1)S(=O)(=O)N(C1CC1)C2=O)N1CCC2(CCNC2)CC1. The highest BCUT2D eigenvalue weighted by Gasteiger charge is 2.49. The molecule has 0 radical (unpaired) electrons. The molecule has 3 heterocycles. The number of amides is 2. The summed E-state index contributed by atoms with van der Waals surface area (Å²) in [6.07, 6.45) is 4.54. The van der Waals surface area contributed by atoms with Crippen molar-refractivity contribution in [3.8, 4) is 0 Å². The monoisotopic (exact) mass is 389 g/mol. The van der Waals surface area contributed by atoms with E-state index < -0.39 is 15.9 Å². The molecule has 1 aromatic carbocycles. The second kappa shape index (κ2) is 5.78. The molecule has 2 amide bonds. The maximum atomic E-state index is 12.9. The highest BCUT2D eigenvalue weighted by atomic mass is 32.2. The molecule has 7 nitrogen and oxygen atoms in total. The van der Waals surface area contributed by atoms with Gasteiger partial charge in [0.1, 0.15) is 4.90 Å². The zero-order chi connectivity index (χ0) is 18.8. The van der Waals surface area contributed by atoms with E-state index >= 15 is 0 Å². The molecule has 0 unspecified atom stereocenters. The third-order valence-electron chi connectivity index (χ3n) is 6.52. The van der Waals surface area contributed by atoms with E-state index in [-0.39, 0.29) is 22.4 Å². The third kappa shape index (κ3) is 2.61. The Hall–Kier alpha value is -1.93. The van der Waals surface area contributed by atoms with E-state index in [1.54, 1.807) is 6.07 Å². The topological polar surface area (TPSA) is 86.8 Å². The van der Waals surface area contributed by atoms with Gasteiger partial charge in [-0.2, -0.15) is 0 Å². The molecule has 1 aliphatic carbocycles. The van der Waals surface area contributed by atoms with Crippen LogP contribution < -0.4 is 5.32 Å². The highest BCUT2D eigenvalue weighted by molar-refractivity contribution is 7.90. The van der Waals surface area contributed by atoms with Crippen molar-refractivity contribution in [1.29, 1.82) is 0 Å². The van der Waals surface area contributed by atoms with Gasteiger partial charge in [0.05, 0.1) is 5.56 Å². The number of rotatable bonds is 2. The summed E-state index contributed by atoms with van der Waals surface area (Å²) < 4.78 is 26.5. The van der Waals surface area contributed by atoms with Crippen LogP contribution in [-0.2, 0) is 10.0 Å². The summed E-state index contributed by atoms with van der Waals surface area (Å²) in [4.78, 5) is 27.2. The third-order valence-corrected chi connectivity index (χ3v) is 8.39. The minimum Gasteiger partial charge on any atom is -0.339 e. The fourth-order valence-electron chi connectivity index (χ4n) is 4.64. The lowest BCUT2D eigenvalue weighted by molar-refractivity contribution is 0.0607.